The molecule has 1 aromatic heterocycles. The molecule has 18 heavy (non-hydrogen) atoms. The lowest BCUT2D eigenvalue weighted by molar-refractivity contribution is 0.677. The summed E-state index contributed by atoms with van der Waals surface area (Å²) in [5, 5.41) is 3.58. The van der Waals surface area contributed by atoms with Crippen LogP contribution in [0.2, 0.25) is 0 Å². The fourth-order valence-corrected chi connectivity index (χ4v) is 2.57. The Morgan fingerprint density at radius 1 is 1.44 bits per heavy atom. The van der Waals surface area contributed by atoms with Crippen molar-refractivity contribution < 1.29 is 0 Å². The minimum atomic E-state index is 0.756. The highest BCUT2D eigenvalue weighted by molar-refractivity contribution is 5.51. The Kier molecular flexibility index (Phi) is 3.25. The number of pyridine rings is 1. The first kappa shape index (κ1) is 12.0. The quantitative estimate of drug-likeness (QED) is 0.834. The second kappa shape index (κ2) is 4.88. The van der Waals surface area contributed by atoms with Crippen molar-refractivity contribution in [2.24, 2.45) is 11.8 Å². The fourth-order valence-electron chi connectivity index (χ4n) is 2.57. The van der Waals surface area contributed by atoms with Crippen LogP contribution in [0.3, 0.4) is 0 Å². The summed E-state index contributed by atoms with van der Waals surface area (Å²) >= 11 is 0. The summed E-state index contributed by atoms with van der Waals surface area (Å²) < 4.78 is 0. The van der Waals surface area contributed by atoms with E-state index in [1.807, 2.05) is 12.4 Å². The molecule has 2 aliphatic rings. The Hall–Kier alpha value is -1.09. The summed E-state index contributed by atoms with van der Waals surface area (Å²) in [5.74, 6) is 1.81. The van der Waals surface area contributed by atoms with Crippen molar-refractivity contribution in [2.75, 3.05) is 18.5 Å². The summed E-state index contributed by atoms with van der Waals surface area (Å²) in [6.45, 7) is 4.49. The van der Waals surface area contributed by atoms with E-state index in [2.05, 4.69) is 35.2 Å². The molecule has 2 saturated carbocycles. The summed E-state index contributed by atoms with van der Waals surface area (Å²) in [5.41, 5.74) is 2.68. The summed E-state index contributed by atoms with van der Waals surface area (Å²) in [6, 6.07) is 2.91. The van der Waals surface area contributed by atoms with E-state index in [4.69, 9.17) is 0 Å². The Morgan fingerprint density at radius 3 is 2.89 bits per heavy atom. The lowest BCUT2D eigenvalue weighted by Crippen LogP contribution is -2.24. The van der Waals surface area contributed by atoms with Crippen molar-refractivity contribution in [1.82, 2.24) is 10.3 Å². The lowest BCUT2D eigenvalue weighted by Gasteiger charge is -2.22. The van der Waals surface area contributed by atoms with Gasteiger partial charge in [0.15, 0.2) is 0 Å². The van der Waals surface area contributed by atoms with Crippen LogP contribution in [0.4, 0.5) is 5.69 Å². The van der Waals surface area contributed by atoms with Crippen LogP contribution in [0, 0.1) is 11.8 Å². The molecule has 3 rings (SSSR count). The number of hydrogen-bond acceptors (Lipinski definition) is 3. The van der Waals surface area contributed by atoms with Crippen LogP contribution in [0.15, 0.2) is 18.5 Å². The van der Waals surface area contributed by atoms with E-state index >= 15 is 0 Å². The zero-order valence-electron chi connectivity index (χ0n) is 11.4. The van der Waals surface area contributed by atoms with Crippen LogP contribution in [-0.4, -0.2) is 24.6 Å². The van der Waals surface area contributed by atoms with Gasteiger partial charge in [0.25, 0.3) is 0 Å². The monoisotopic (exact) mass is 245 g/mol. The molecule has 2 fully saturated rings. The Balaban J connectivity index is 1.64. The predicted molar refractivity (Wildman–Crippen MR) is 74.6 cm³/mol. The molecular weight excluding hydrogens is 222 g/mol. The Bertz CT molecular complexity index is 414. The van der Waals surface area contributed by atoms with E-state index in [1.165, 1.54) is 37.1 Å². The topological polar surface area (TPSA) is 28.2 Å². The van der Waals surface area contributed by atoms with E-state index in [1.54, 1.807) is 0 Å². The van der Waals surface area contributed by atoms with Crippen LogP contribution < -0.4 is 10.2 Å². The van der Waals surface area contributed by atoms with Crippen LogP contribution >= 0.6 is 0 Å². The molecule has 0 amide bonds. The van der Waals surface area contributed by atoms with E-state index in [0.717, 1.165) is 24.4 Å². The Labute approximate surface area is 110 Å². The van der Waals surface area contributed by atoms with Crippen molar-refractivity contribution in [2.45, 2.75) is 38.8 Å². The largest absolute Gasteiger partial charge is 0.374 e. The number of anilines is 1. The molecule has 0 aromatic carbocycles. The maximum Gasteiger partial charge on any atom is 0.0440 e. The molecule has 3 heteroatoms. The van der Waals surface area contributed by atoms with Crippen molar-refractivity contribution >= 4 is 5.69 Å². The van der Waals surface area contributed by atoms with Gasteiger partial charge in [-0.05, 0) is 37.2 Å². The third-order valence-corrected chi connectivity index (χ3v) is 4.23. The van der Waals surface area contributed by atoms with Crippen LogP contribution in [-0.2, 0) is 6.54 Å². The minimum absolute atomic E-state index is 0.756. The molecule has 2 aliphatic carbocycles. The highest BCUT2D eigenvalue weighted by Crippen LogP contribution is 2.39. The van der Waals surface area contributed by atoms with Crippen molar-refractivity contribution in [3.8, 4) is 0 Å². The van der Waals surface area contributed by atoms with Gasteiger partial charge < -0.3 is 10.2 Å². The number of hydrogen-bond donors (Lipinski definition) is 1. The summed E-state index contributed by atoms with van der Waals surface area (Å²) in [7, 11) is 2.21. The molecule has 1 N–H and O–H groups in total. The second-order valence-electron chi connectivity index (χ2n) is 6.01. The molecule has 0 bridgehead atoms. The van der Waals surface area contributed by atoms with Gasteiger partial charge >= 0.3 is 0 Å². The van der Waals surface area contributed by atoms with Crippen LogP contribution in [0.25, 0.3) is 0 Å². The number of rotatable bonds is 6. The maximum absolute atomic E-state index is 4.27. The van der Waals surface area contributed by atoms with Gasteiger partial charge in [0.1, 0.15) is 0 Å². The van der Waals surface area contributed by atoms with E-state index in [-0.39, 0.29) is 0 Å². The molecule has 1 heterocycles. The molecule has 98 valence electrons. The van der Waals surface area contributed by atoms with Crippen molar-refractivity contribution in [1.29, 1.82) is 0 Å². The van der Waals surface area contributed by atoms with Crippen LogP contribution in [0.1, 0.15) is 31.7 Å². The molecule has 0 radical (unpaired) electrons. The number of nitrogens with one attached hydrogen (secondary N) is 1. The minimum Gasteiger partial charge on any atom is -0.374 e. The molecule has 0 aliphatic heterocycles. The van der Waals surface area contributed by atoms with Crippen LogP contribution in [0.5, 0.6) is 0 Å². The molecule has 2 atom stereocenters. The molecule has 0 spiro atoms. The van der Waals surface area contributed by atoms with Crippen molar-refractivity contribution in [3.63, 3.8) is 0 Å². The molecular formula is C15H23N3. The van der Waals surface area contributed by atoms with Gasteiger partial charge in [-0.25, -0.2) is 0 Å². The maximum atomic E-state index is 4.27. The van der Waals surface area contributed by atoms with E-state index in [0.29, 0.717) is 0 Å². The summed E-state index contributed by atoms with van der Waals surface area (Å²) in [4.78, 5) is 6.67. The van der Waals surface area contributed by atoms with Gasteiger partial charge in [0.05, 0.1) is 0 Å². The SMILES string of the molecule is CC1CC1CN(C)c1ccncc1CNC1CC1. The predicted octanol–water partition coefficient (Wildman–Crippen LogP) is 2.43. The van der Waals surface area contributed by atoms with Gasteiger partial charge in [-0.2, -0.15) is 0 Å². The van der Waals surface area contributed by atoms with Gasteiger partial charge in [0.2, 0.25) is 0 Å². The van der Waals surface area contributed by atoms with E-state index in [9.17, 15) is 0 Å². The lowest BCUT2D eigenvalue weighted by atomic mass is 10.2. The highest BCUT2D eigenvalue weighted by atomic mass is 15.1. The smallest absolute Gasteiger partial charge is 0.0440 e. The van der Waals surface area contributed by atoms with Gasteiger partial charge in [0, 0.05) is 49.8 Å². The fraction of sp³-hybridized carbons (Fsp3) is 0.667. The molecule has 3 nitrogen and oxygen atoms in total. The summed E-state index contributed by atoms with van der Waals surface area (Å²) in [6.07, 6.45) is 7.99. The Morgan fingerprint density at radius 2 is 2.22 bits per heavy atom. The van der Waals surface area contributed by atoms with Gasteiger partial charge in [-0.15, -0.1) is 0 Å². The first-order valence-electron chi connectivity index (χ1n) is 7.11. The normalized spacial score (nSPS) is 26.1. The molecule has 2 unspecified atom stereocenters. The third-order valence-electron chi connectivity index (χ3n) is 4.23. The van der Waals surface area contributed by atoms with Gasteiger partial charge in [-0.3, -0.25) is 4.98 Å². The first-order valence-corrected chi connectivity index (χ1v) is 7.11. The average molecular weight is 245 g/mol. The van der Waals surface area contributed by atoms with Gasteiger partial charge in [-0.1, -0.05) is 6.92 Å². The highest BCUT2D eigenvalue weighted by Gasteiger charge is 2.33. The first-order chi connectivity index (χ1) is 8.74. The molecule has 0 saturated heterocycles. The molecule has 1 aromatic rings. The number of nitrogens with zero attached hydrogens (tertiary/aromatic N) is 2. The zero-order chi connectivity index (χ0) is 12.5. The van der Waals surface area contributed by atoms with Crippen molar-refractivity contribution in [3.05, 3.63) is 24.0 Å². The average Bonchev–Trinajstić information content (AvgIpc) is 3.27. The van der Waals surface area contributed by atoms with E-state index < -0.39 is 0 Å². The second-order valence-corrected chi connectivity index (χ2v) is 6.01. The third kappa shape index (κ3) is 2.83. The zero-order valence-corrected chi connectivity index (χ0v) is 11.4. The number of aromatic nitrogens is 1. The standard InChI is InChI=1S/C15H23N3/c1-11-7-12(11)10-18(2)15-5-6-16-8-13(15)9-17-14-3-4-14/h5-6,8,11-12,14,17H,3-4,7,9-10H2,1-2H3.